The maximum absolute atomic E-state index is 6.75. The predicted octanol–water partition coefficient (Wildman–Crippen LogP) is 0.223. The second kappa shape index (κ2) is 15.7. The summed E-state index contributed by atoms with van der Waals surface area (Å²) in [5, 5.41) is 0. The Balaban J connectivity index is 0. The van der Waals surface area contributed by atoms with Gasteiger partial charge in [0.15, 0.2) is 0 Å². The quantitative estimate of drug-likeness (QED) is 0.251. The molecule has 5 N–H and O–H groups in total. The summed E-state index contributed by atoms with van der Waals surface area (Å²) in [5.41, 5.74) is 22.5. The molecule has 0 aliphatic carbocycles. The highest BCUT2D eigenvalue weighted by atomic mass is 15.0. The molecular formula is C5H15N5. The van der Waals surface area contributed by atoms with Crippen molar-refractivity contribution in [3.63, 3.8) is 0 Å². The fourth-order valence-corrected chi connectivity index (χ4v) is 0.498. The summed E-state index contributed by atoms with van der Waals surface area (Å²) >= 11 is 0. The second-order valence-corrected chi connectivity index (χ2v) is 1.79. The van der Waals surface area contributed by atoms with Crippen LogP contribution in [-0.2, 0) is 0 Å². The van der Waals surface area contributed by atoms with E-state index in [0.29, 0.717) is 0 Å². The molecule has 0 saturated heterocycles. The standard InChI is InChI=1S/C5H14N2.N3/c6-4-2-1-3-5-7;1-3-2/h1-7H2;/q;-1/p+1. The van der Waals surface area contributed by atoms with E-state index in [-0.39, 0.29) is 0 Å². The third kappa shape index (κ3) is 26.9. The van der Waals surface area contributed by atoms with Crippen molar-refractivity contribution >= 4 is 0 Å². The van der Waals surface area contributed by atoms with Crippen molar-refractivity contribution in [3.05, 3.63) is 16.0 Å². The first kappa shape index (κ1) is 12.0. The zero-order valence-corrected chi connectivity index (χ0v) is 6.16. The van der Waals surface area contributed by atoms with Gasteiger partial charge >= 0.3 is 0 Å². The van der Waals surface area contributed by atoms with Crippen LogP contribution in [-0.4, -0.2) is 13.1 Å². The van der Waals surface area contributed by atoms with E-state index < -0.39 is 0 Å². The van der Waals surface area contributed by atoms with Gasteiger partial charge in [0.1, 0.15) is 0 Å². The Labute approximate surface area is 60.8 Å². The number of unbranched alkanes of at least 4 members (excludes halogenated alkanes) is 2. The lowest BCUT2D eigenvalue weighted by Gasteiger charge is -1.89. The normalized spacial score (nSPS) is 7.40. The van der Waals surface area contributed by atoms with Crippen LogP contribution in [0.5, 0.6) is 0 Å². The average molecular weight is 145 g/mol. The van der Waals surface area contributed by atoms with Gasteiger partial charge < -0.3 is 22.5 Å². The van der Waals surface area contributed by atoms with Crippen molar-refractivity contribution in [1.29, 1.82) is 0 Å². The van der Waals surface area contributed by atoms with Crippen molar-refractivity contribution in [2.75, 3.05) is 13.1 Å². The Kier molecular flexibility index (Phi) is 18.8. The molecule has 0 unspecified atom stereocenters. The molecule has 0 aromatic carbocycles. The van der Waals surface area contributed by atoms with Gasteiger partial charge in [0, 0.05) is 0 Å². The number of rotatable bonds is 4. The number of nitrogens with zero attached hydrogens (tertiary/aromatic N) is 3. The SMILES string of the molecule is NCCCCC[NH3+].[N-]=[N+]=[N-]. The van der Waals surface area contributed by atoms with E-state index in [1.807, 2.05) is 0 Å². The smallest absolute Gasteiger partial charge is 0.0739 e. The van der Waals surface area contributed by atoms with Crippen LogP contribution in [0.25, 0.3) is 16.0 Å². The molecule has 0 fully saturated rings. The maximum Gasteiger partial charge on any atom is 0.0739 e. The fraction of sp³-hybridized carbons (Fsp3) is 1.00. The fourth-order valence-electron chi connectivity index (χ4n) is 0.498. The molecule has 0 bridgehead atoms. The molecule has 0 aromatic rings. The summed E-state index contributed by atoms with van der Waals surface area (Å²) in [6.07, 6.45) is 3.65. The highest BCUT2D eigenvalue weighted by Crippen LogP contribution is 1.87. The monoisotopic (exact) mass is 145 g/mol. The molecular weight excluding hydrogens is 130 g/mol. The van der Waals surface area contributed by atoms with Crippen LogP contribution in [0.3, 0.4) is 0 Å². The van der Waals surface area contributed by atoms with Gasteiger partial charge in [-0.05, 0) is 25.8 Å². The molecule has 60 valence electrons. The van der Waals surface area contributed by atoms with Gasteiger partial charge in [0.05, 0.1) is 6.54 Å². The lowest BCUT2D eigenvalue weighted by molar-refractivity contribution is -0.368. The first-order chi connectivity index (χ1) is 4.83. The van der Waals surface area contributed by atoms with Gasteiger partial charge in [-0.25, -0.2) is 0 Å². The minimum absolute atomic E-state index is 0.833. The summed E-state index contributed by atoms with van der Waals surface area (Å²) in [4.78, 5) is 1.50. The Bertz CT molecular complexity index is 72.1. The van der Waals surface area contributed by atoms with Crippen LogP contribution in [0.1, 0.15) is 19.3 Å². The molecule has 0 spiro atoms. The van der Waals surface area contributed by atoms with Gasteiger partial charge in [-0.15, -0.1) is 0 Å². The zero-order valence-electron chi connectivity index (χ0n) is 6.16. The lowest BCUT2D eigenvalue weighted by atomic mass is 10.2. The second-order valence-electron chi connectivity index (χ2n) is 1.79. The molecule has 0 aliphatic rings. The highest BCUT2D eigenvalue weighted by Gasteiger charge is 1.82. The summed E-state index contributed by atoms with van der Waals surface area (Å²) in [6.45, 7) is 1.89. The molecule has 0 atom stereocenters. The van der Waals surface area contributed by atoms with E-state index in [1.165, 1.54) is 17.8 Å². The van der Waals surface area contributed by atoms with Crippen LogP contribution in [0.2, 0.25) is 0 Å². The maximum atomic E-state index is 6.75. The van der Waals surface area contributed by atoms with Crippen LogP contribution in [0.15, 0.2) is 0 Å². The first-order valence-electron chi connectivity index (χ1n) is 3.31. The third-order valence-corrected chi connectivity index (χ3v) is 0.954. The molecule has 5 heteroatoms. The van der Waals surface area contributed by atoms with Crippen molar-refractivity contribution in [3.8, 4) is 0 Å². The van der Waals surface area contributed by atoms with Crippen molar-refractivity contribution < 1.29 is 5.73 Å². The Morgan fingerprint density at radius 3 is 2.00 bits per heavy atom. The van der Waals surface area contributed by atoms with Crippen molar-refractivity contribution in [2.45, 2.75) is 19.3 Å². The predicted molar refractivity (Wildman–Crippen MR) is 40.7 cm³/mol. The Morgan fingerprint density at radius 1 is 1.20 bits per heavy atom. The number of nitrogens with two attached hydrogens (primary N) is 1. The van der Waals surface area contributed by atoms with Gasteiger partial charge in [0.25, 0.3) is 0 Å². The molecule has 0 amide bonds. The average Bonchev–Trinajstić information content (AvgIpc) is 1.91. The van der Waals surface area contributed by atoms with Crippen LogP contribution >= 0.6 is 0 Å². The van der Waals surface area contributed by atoms with Crippen molar-refractivity contribution in [1.82, 2.24) is 0 Å². The van der Waals surface area contributed by atoms with Gasteiger partial charge in [-0.2, -0.15) is 0 Å². The third-order valence-electron chi connectivity index (χ3n) is 0.954. The topological polar surface area (TPSA) is 112 Å². The summed E-state index contributed by atoms with van der Waals surface area (Å²) in [5.74, 6) is 0. The largest absolute Gasteiger partial charge is 0.373 e. The first-order valence-corrected chi connectivity index (χ1v) is 3.31. The van der Waals surface area contributed by atoms with Gasteiger partial charge in [0.2, 0.25) is 0 Å². The summed E-state index contributed by atoms with van der Waals surface area (Å²) in [6, 6.07) is 0. The summed E-state index contributed by atoms with van der Waals surface area (Å²) < 4.78 is 0. The van der Waals surface area contributed by atoms with E-state index in [2.05, 4.69) is 5.73 Å². The van der Waals surface area contributed by atoms with Gasteiger partial charge in [-0.1, -0.05) is 0 Å². The van der Waals surface area contributed by atoms with Crippen molar-refractivity contribution in [2.24, 2.45) is 5.73 Å². The molecule has 0 radical (unpaired) electrons. The number of quaternary nitrogens is 1. The van der Waals surface area contributed by atoms with E-state index in [9.17, 15) is 0 Å². The minimum atomic E-state index is 0.833. The van der Waals surface area contributed by atoms with Crippen LogP contribution in [0, 0.1) is 0 Å². The molecule has 0 saturated carbocycles. The van der Waals surface area contributed by atoms with Crippen LogP contribution < -0.4 is 11.5 Å². The molecule has 0 heterocycles. The number of hydrogen-bond acceptors (Lipinski definition) is 1. The molecule has 0 aromatic heterocycles. The minimum Gasteiger partial charge on any atom is -0.373 e. The number of hydrogen-bond donors (Lipinski definition) is 2. The van der Waals surface area contributed by atoms with E-state index in [1.54, 1.807) is 0 Å². The van der Waals surface area contributed by atoms with Crippen LogP contribution in [0.4, 0.5) is 0 Å². The summed E-state index contributed by atoms with van der Waals surface area (Å²) in [7, 11) is 0. The van der Waals surface area contributed by atoms with E-state index >= 15 is 0 Å². The molecule has 0 rings (SSSR count). The van der Waals surface area contributed by atoms with Gasteiger partial charge in [-0.3, -0.25) is 4.91 Å². The Morgan fingerprint density at radius 2 is 1.70 bits per heavy atom. The molecule has 5 nitrogen and oxygen atoms in total. The zero-order chi connectivity index (χ0) is 8.24. The highest BCUT2D eigenvalue weighted by molar-refractivity contribution is 4.38. The lowest BCUT2D eigenvalue weighted by Crippen LogP contribution is -2.50. The Hall–Kier alpha value is -0.770. The molecule has 0 aliphatic heterocycles. The van der Waals surface area contributed by atoms with E-state index in [4.69, 9.17) is 16.8 Å². The molecule has 10 heavy (non-hydrogen) atoms. The van der Waals surface area contributed by atoms with E-state index in [0.717, 1.165) is 19.5 Å².